The van der Waals surface area contributed by atoms with Crippen molar-refractivity contribution in [1.82, 2.24) is 15.5 Å². The van der Waals surface area contributed by atoms with Crippen LogP contribution in [-0.2, 0) is 4.74 Å². The minimum absolute atomic E-state index is 0.138. The highest BCUT2D eigenvalue weighted by atomic mass is 16.5. The minimum Gasteiger partial charge on any atom is -0.376 e. The van der Waals surface area contributed by atoms with E-state index in [9.17, 15) is 4.79 Å². The van der Waals surface area contributed by atoms with Gasteiger partial charge in [0.1, 0.15) is 5.82 Å². The summed E-state index contributed by atoms with van der Waals surface area (Å²) in [5.41, 5.74) is 0.326. The lowest BCUT2D eigenvalue weighted by Crippen LogP contribution is -2.32. The van der Waals surface area contributed by atoms with E-state index in [1.54, 1.807) is 12.1 Å². The monoisotopic (exact) mass is 264 g/mol. The van der Waals surface area contributed by atoms with E-state index in [4.69, 9.17) is 4.74 Å². The number of nitrogens with zero attached hydrogens (tertiary/aromatic N) is 2. The van der Waals surface area contributed by atoms with Gasteiger partial charge in [-0.05, 0) is 38.8 Å². The molecule has 1 fully saturated rings. The zero-order valence-corrected chi connectivity index (χ0v) is 11.3. The highest BCUT2D eigenvalue weighted by Gasteiger charge is 2.17. The van der Waals surface area contributed by atoms with E-state index in [0.717, 1.165) is 19.4 Å². The van der Waals surface area contributed by atoms with Gasteiger partial charge < -0.3 is 15.4 Å². The van der Waals surface area contributed by atoms with Crippen LogP contribution in [0.25, 0.3) is 0 Å². The van der Waals surface area contributed by atoms with E-state index >= 15 is 0 Å². The molecule has 1 aliphatic heterocycles. The molecule has 1 unspecified atom stereocenters. The third kappa shape index (κ3) is 4.17. The maximum Gasteiger partial charge on any atom is 0.271 e. The number of anilines is 1. The molecule has 6 heteroatoms. The molecular weight excluding hydrogens is 244 g/mol. The Morgan fingerprint density at radius 1 is 1.47 bits per heavy atom. The van der Waals surface area contributed by atoms with Crippen molar-refractivity contribution in [2.75, 3.05) is 18.5 Å². The molecule has 1 saturated heterocycles. The highest BCUT2D eigenvalue weighted by Crippen LogP contribution is 2.10. The van der Waals surface area contributed by atoms with E-state index in [-0.39, 0.29) is 18.1 Å². The largest absolute Gasteiger partial charge is 0.376 e. The molecule has 1 amide bonds. The summed E-state index contributed by atoms with van der Waals surface area (Å²) in [6.45, 7) is 5.36. The lowest BCUT2D eigenvalue weighted by atomic mass is 10.2. The maximum absolute atomic E-state index is 11.8. The number of carbonyl (C=O) groups is 1. The topological polar surface area (TPSA) is 76.1 Å². The molecule has 1 aliphatic rings. The van der Waals surface area contributed by atoms with E-state index in [1.807, 2.05) is 13.8 Å². The summed E-state index contributed by atoms with van der Waals surface area (Å²) >= 11 is 0. The van der Waals surface area contributed by atoms with Crippen LogP contribution in [0, 0.1) is 0 Å². The Morgan fingerprint density at radius 2 is 2.32 bits per heavy atom. The fraction of sp³-hybridized carbons (Fsp3) is 0.615. The number of aromatic nitrogens is 2. The van der Waals surface area contributed by atoms with Gasteiger partial charge in [0.15, 0.2) is 5.69 Å². The lowest BCUT2D eigenvalue weighted by Gasteiger charge is -2.11. The fourth-order valence-corrected chi connectivity index (χ4v) is 1.93. The molecule has 104 valence electrons. The van der Waals surface area contributed by atoms with Gasteiger partial charge in [0.25, 0.3) is 5.91 Å². The van der Waals surface area contributed by atoms with Gasteiger partial charge in [0, 0.05) is 19.2 Å². The van der Waals surface area contributed by atoms with Crippen molar-refractivity contribution in [1.29, 1.82) is 0 Å². The van der Waals surface area contributed by atoms with Crippen LogP contribution in [0.4, 0.5) is 5.82 Å². The first-order valence-corrected chi connectivity index (χ1v) is 6.65. The van der Waals surface area contributed by atoms with Crippen molar-refractivity contribution < 1.29 is 9.53 Å². The molecule has 19 heavy (non-hydrogen) atoms. The SMILES string of the molecule is CC(C)Nc1ccc(C(=O)NCC2CCCO2)nn1. The van der Waals surface area contributed by atoms with Crippen LogP contribution in [0.3, 0.4) is 0 Å². The molecule has 0 saturated carbocycles. The van der Waals surface area contributed by atoms with E-state index in [1.165, 1.54) is 0 Å². The summed E-state index contributed by atoms with van der Waals surface area (Å²) in [6.07, 6.45) is 2.21. The molecule has 0 spiro atoms. The molecular formula is C13H20N4O2. The number of hydrogen-bond donors (Lipinski definition) is 2. The van der Waals surface area contributed by atoms with Crippen LogP contribution < -0.4 is 10.6 Å². The Bertz CT molecular complexity index is 413. The molecule has 0 bridgehead atoms. The van der Waals surface area contributed by atoms with Gasteiger partial charge in [0.05, 0.1) is 6.10 Å². The standard InChI is InChI=1S/C13H20N4O2/c1-9(2)15-12-6-5-11(16-17-12)13(18)14-8-10-4-3-7-19-10/h5-6,9-10H,3-4,7-8H2,1-2H3,(H,14,18)(H,15,17). The molecule has 2 heterocycles. The zero-order valence-electron chi connectivity index (χ0n) is 11.3. The van der Waals surface area contributed by atoms with Crippen LogP contribution >= 0.6 is 0 Å². The average molecular weight is 264 g/mol. The smallest absolute Gasteiger partial charge is 0.271 e. The molecule has 1 aromatic heterocycles. The Labute approximate surface area is 112 Å². The first kappa shape index (κ1) is 13.7. The van der Waals surface area contributed by atoms with Gasteiger partial charge >= 0.3 is 0 Å². The van der Waals surface area contributed by atoms with Crippen molar-refractivity contribution in [2.24, 2.45) is 0 Å². The van der Waals surface area contributed by atoms with Crippen molar-refractivity contribution in [2.45, 2.75) is 38.8 Å². The van der Waals surface area contributed by atoms with Crippen molar-refractivity contribution >= 4 is 11.7 Å². The summed E-state index contributed by atoms with van der Waals surface area (Å²) in [6, 6.07) is 3.71. The minimum atomic E-state index is -0.209. The normalized spacial score (nSPS) is 18.6. The summed E-state index contributed by atoms with van der Waals surface area (Å²) in [4.78, 5) is 11.8. The average Bonchev–Trinajstić information content (AvgIpc) is 2.89. The van der Waals surface area contributed by atoms with E-state index in [2.05, 4.69) is 20.8 Å². The van der Waals surface area contributed by atoms with Crippen molar-refractivity contribution in [3.63, 3.8) is 0 Å². The van der Waals surface area contributed by atoms with Crippen LogP contribution in [0.15, 0.2) is 12.1 Å². The molecule has 2 N–H and O–H groups in total. The predicted octanol–water partition coefficient (Wildman–Crippen LogP) is 1.21. The maximum atomic E-state index is 11.8. The van der Waals surface area contributed by atoms with Crippen LogP contribution in [-0.4, -0.2) is 41.4 Å². The van der Waals surface area contributed by atoms with E-state index < -0.39 is 0 Å². The highest BCUT2D eigenvalue weighted by molar-refractivity contribution is 5.92. The predicted molar refractivity (Wildman–Crippen MR) is 72.1 cm³/mol. The van der Waals surface area contributed by atoms with Crippen LogP contribution in [0.2, 0.25) is 0 Å². The summed E-state index contributed by atoms with van der Waals surface area (Å²) in [7, 11) is 0. The number of nitrogens with one attached hydrogen (secondary N) is 2. The second-order valence-electron chi connectivity index (χ2n) is 4.95. The van der Waals surface area contributed by atoms with Crippen molar-refractivity contribution in [3.05, 3.63) is 17.8 Å². The molecule has 0 aliphatic carbocycles. The first-order valence-electron chi connectivity index (χ1n) is 6.65. The number of amides is 1. The summed E-state index contributed by atoms with van der Waals surface area (Å²) < 4.78 is 5.44. The molecule has 1 atom stereocenters. The molecule has 1 aromatic rings. The van der Waals surface area contributed by atoms with Crippen LogP contribution in [0.1, 0.15) is 37.2 Å². The molecule has 0 radical (unpaired) electrons. The molecule has 6 nitrogen and oxygen atoms in total. The number of hydrogen-bond acceptors (Lipinski definition) is 5. The van der Waals surface area contributed by atoms with Crippen molar-refractivity contribution in [3.8, 4) is 0 Å². The van der Waals surface area contributed by atoms with E-state index in [0.29, 0.717) is 18.1 Å². The van der Waals surface area contributed by atoms with Gasteiger partial charge in [-0.1, -0.05) is 0 Å². The summed E-state index contributed by atoms with van der Waals surface area (Å²) in [5, 5.41) is 13.8. The fourth-order valence-electron chi connectivity index (χ4n) is 1.93. The number of rotatable bonds is 5. The Kier molecular flexibility index (Phi) is 4.68. The van der Waals surface area contributed by atoms with Gasteiger partial charge in [-0.2, -0.15) is 0 Å². The third-order valence-corrected chi connectivity index (χ3v) is 2.85. The zero-order chi connectivity index (χ0) is 13.7. The number of ether oxygens (including phenoxy) is 1. The van der Waals surface area contributed by atoms with Gasteiger partial charge in [0.2, 0.25) is 0 Å². The Hall–Kier alpha value is -1.69. The number of carbonyl (C=O) groups excluding carboxylic acids is 1. The van der Waals surface area contributed by atoms with Gasteiger partial charge in [-0.3, -0.25) is 4.79 Å². The second-order valence-corrected chi connectivity index (χ2v) is 4.95. The Balaban J connectivity index is 1.84. The second kappa shape index (κ2) is 6.47. The lowest BCUT2D eigenvalue weighted by molar-refractivity contribution is 0.0853. The quantitative estimate of drug-likeness (QED) is 0.836. The summed E-state index contributed by atoms with van der Waals surface area (Å²) in [5.74, 6) is 0.463. The molecule has 0 aromatic carbocycles. The van der Waals surface area contributed by atoms with Gasteiger partial charge in [-0.25, -0.2) is 0 Å². The van der Waals surface area contributed by atoms with Gasteiger partial charge in [-0.15, -0.1) is 10.2 Å². The van der Waals surface area contributed by atoms with Crippen LogP contribution in [0.5, 0.6) is 0 Å². The first-order chi connectivity index (χ1) is 9.15. The molecule has 2 rings (SSSR count). The Morgan fingerprint density at radius 3 is 2.89 bits per heavy atom. The third-order valence-electron chi connectivity index (χ3n) is 2.85.